The molecule has 2 saturated carbocycles. The van der Waals surface area contributed by atoms with Crippen LogP contribution in [-0.4, -0.2) is 21.5 Å². The summed E-state index contributed by atoms with van der Waals surface area (Å²) >= 11 is 0. The summed E-state index contributed by atoms with van der Waals surface area (Å²) in [5.41, 5.74) is 3.67. The number of nitrogens with one attached hydrogen (secondary N) is 2. The summed E-state index contributed by atoms with van der Waals surface area (Å²) in [6.45, 7) is 3.35. The fraction of sp³-hybridized carbons (Fsp3) is 0.500. The highest BCUT2D eigenvalue weighted by atomic mass is 15.1. The van der Waals surface area contributed by atoms with Gasteiger partial charge in [-0.05, 0) is 87.2 Å². The Morgan fingerprint density at radius 1 is 0.971 bits per heavy atom. The van der Waals surface area contributed by atoms with Gasteiger partial charge in [-0.15, -0.1) is 0 Å². The number of hydrogen-bond acceptors (Lipinski definition) is 6. The van der Waals surface area contributed by atoms with Gasteiger partial charge in [-0.25, -0.2) is 15.0 Å². The molecule has 2 unspecified atom stereocenters. The number of piperidine rings is 1. The van der Waals surface area contributed by atoms with Gasteiger partial charge in [0.2, 0.25) is 0 Å². The van der Waals surface area contributed by atoms with Crippen molar-refractivity contribution in [3.8, 4) is 6.07 Å². The molecule has 2 N–H and O–H groups in total. The van der Waals surface area contributed by atoms with E-state index in [2.05, 4.69) is 60.0 Å². The number of hydrogen-bond donors (Lipinski definition) is 2. The number of nitriles is 1. The highest BCUT2D eigenvalue weighted by molar-refractivity contribution is 5.88. The Hall–Kier alpha value is -3.04. The highest BCUT2D eigenvalue weighted by Gasteiger charge is 2.38. The van der Waals surface area contributed by atoms with Crippen LogP contribution < -0.4 is 10.6 Å². The zero-order valence-electron chi connectivity index (χ0n) is 19.8. The Morgan fingerprint density at radius 3 is 2.44 bits per heavy atom. The summed E-state index contributed by atoms with van der Waals surface area (Å²) in [6, 6.07) is 15.4. The molecule has 3 fully saturated rings. The Kier molecular flexibility index (Phi) is 5.45. The normalized spacial score (nSPS) is 24.1. The monoisotopic (exact) mass is 452 g/mol. The van der Waals surface area contributed by atoms with Gasteiger partial charge in [0.1, 0.15) is 11.6 Å². The van der Waals surface area contributed by atoms with Crippen molar-refractivity contribution in [2.24, 2.45) is 5.92 Å². The minimum Gasteiger partial charge on any atom is -0.340 e. The second-order valence-corrected chi connectivity index (χ2v) is 10.5. The van der Waals surface area contributed by atoms with E-state index in [0.717, 1.165) is 78.3 Å². The van der Waals surface area contributed by atoms with Crippen molar-refractivity contribution in [1.82, 2.24) is 20.3 Å². The van der Waals surface area contributed by atoms with E-state index in [4.69, 9.17) is 15.0 Å². The smallest absolute Gasteiger partial charge is 0.165 e. The van der Waals surface area contributed by atoms with Crippen molar-refractivity contribution in [3.63, 3.8) is 0 Å². The number of pyridine rings is 1. The van der Waals surface area contributed by atoms with Gasteiger partial charge in [0.05, 0.1) is 28.6 Å². The Morgan fingerprint density at radius 2 is 1.79 bits per heavy atom. The molecule has 1 aromatic carbocycles. The van der Waals surface area contributed by atoms with Crippen molar-refractivity contribution in [3.05, 3.63) is 53.5 Å². The van der Waals surface area contributed by atoms with E-state index in [1.54, 1.807) is 0 Å². The number of fused-ring (bicyclic) bond motifs is 1. The molecular formula is C28H32N6. The van der Waals surface area contributed by atoms with Crippen LogP contribution in [0.4, 0.5) is 11.5 Å². The third-order valence-corrected chi connectivity index (χ3v) is 8.28. The fourth-order valence-corrected chi connectivity index (χ4v) is 5.61. The number of aromatic nitrogens is 3. The molecule has 0 radical (unpaired) electrons. The minimum absolute atomic E-state index is 0.281. The molecule has 2 aromatic heterocycles. The molecule has 6 nitrogen and oxygen atoms in total. The summed E-state index contributed by atoms with van der Waals surface area (Å²) in [5.74, 6) is 2.72. The topological polar surface area (TPSA) is 86.5 Å². The van der Waals surface area contributed by atoms with Gasteiger partial charge in [0, 0.05) is 11.6 Å². The van der Waals surface area contributed by atoms with Gasteiger partial charge in [-0.3, -0.25) is 0 Å². The zero-order chi connectivity index (χ0) is 23.1. The molecule has 174 valence electrons. The highest BCUT2D eigenvalue weighted by Crippen LogP contribution is 2.43. The molecule has 0 spiro atoms. The van der Waals surface area contributed by atoms with Crippen molar-refractivity contribution < 1.29 is 0 Å². The SMILES string of the molecule is CC1CCCNC1c1ccc2c(Nc3ccc(C4(C#N)CCC4)cc3)nc(C3CCC3)nc2n1. The van der Waals surface area contributed by atoms with Crippen LogP contribution in [0.3, 0.4) is 0 Å². The molecule has 2 aliphatic carbocycles. The third kappa shape index (κ3) is 3.73. The van der Waals surface area contributed by atoms with Gasteiger partial charge < -0.3 is 10.6 Å². The van der Waals surface area contributed by atoms with Crippen molar-refractivity contribution in [1.29, 1.82) is 5.26 Å². The van der Waals surface area contributed by atoms with Crippen LogP contribution in [0.1, 0.15) is 87.3 Å². The minimum atomic E-state index is -0.290. The molecule has 3 heterocycles. The summed E-state index contributed by atoms with van der Waals surface area (Å²) in [5, 5.41) is 17.8. The lowest BCUT2D eigenvalue weighted by molar-refractivity contribution is 0.301. The first-order valence-corrected chi connectivity index (χ1v) is 12.9. The Bertz CT molecular complexity index is 1240. The zero-order valence-corrected chi connectivity index (χ0v) is 19.8. The molecule has 0 amide bonds. The molecule has 34 heavy (non-hydrogen) atoms. The molecule has 6 heteroatoms. The van der Waals surface area contributed by atoms with Crippen molar-refractivity contribution in [2.45, 2.75) is 75.7 Å². The molecule has 3 aromatic rings. The first-order valence-electron chi connectivity index (χ1n) is 12.9. The molecule has 2 atom stereocenters. The van der Waals surface area contributed by atoms with Gasteiger partial charge in [-0.1, -0.05) is 25.5 Å². The summed E-state index contributed by atoms with van der Waals surface area (Å²) in [6.07, 6.45) is 9.04. The lowest BCUT2D eigenvalue weighted by Gasteiger charge is -2.35. The molecule has 1 aliphatic heterocycles. The second kappa shape index (κ2) is 8.63. The maximum atomic E-state index is 9.66. The number of nitrogens with zero attached hydrogens (tertiary/aromatic N) is 4. The van der Waals surface area contributed by atoms with E-state index in [-0.39, 0.29) is 11.5 Å². The molecule has 1 saturated heterocycles. The van der Waals surface area contributed by atoms with Crippen LogP contribution in [0.15, 0.2) is 36.4 Å². The van der Waals surface area contributed by atoms with Crippen LogP contribution in [0.5, 0.6) is 0 Å². The standard InChI is InChI=1S/C28H32N6/c1-18-5-3-16-30-24(18)23-13-12-22-26(33-25(19-6-2-7-19)34-27(22)32-23)31-21-10-8-20(9-11-21)28(17-29)14-4-15-28/h8-13,18-19,24,30H,2-7,14-16H2,1H3,(H,31,32,33,34). The second-order valence-electron chi connectivity index (χ2n) is 10.5. The molecule has 3 aliphatic rings. The van der Waals surface area contributed by atoms with Crippen LogP contribution in [-0.2, 0) is 5.41 Å². The van der Waals surface area contributed by atoms with E-state index in [1.807, 2.05) is 0 Å². The fourth-order valence-electron chi connectivity index (χ4n) is 5.61. The average molecular weight is 453 g/mol. The first-order chi connectivity index (χ1) is 16.6. The van der Waals surface area contributed by atoms with E-state index < -0.39 is 0 Å². The largest absolute Gasteiger partial charge is 0.340 e. The van der Waals surface area contributed by atoms with Crippen molar-refractivity contribution in [2.75, 3.05) is 11.9 Å². The number of anilines is 2. The molecule has 6 rings (SSSR count). The van der Waals surface area contributed by atoms with Gasteiger partial charge in [0.25, 0.3) is 0 Å². The Balaban J connectivity index is 1.34. The van der Waals surface area contributed by atoms with Crippen LogP contribution >= 0.6 is 0 Å². The third-order valence-electron chi connectivity index (χ3n) is 8.28. The quantitative estimate of drug-likeness (QED) is 0.491. The number of rotatable bonds is 5. The first kappa shape index (κ1) is 21.5. The van der Waals surface area contributed by atoms with Crippen LogP contribution in [0, 0.1) is 17.2 Å². The molecule has 0 bridgehead atoms. The maximum Gasteiger partial charge on any atom is 0.165 e. The average Bonchev–Trinajstić information content (AvgIpc) is 2.79. The maximum absolute atomic E-state index is 9.66. The van der Waals surface area contributed by atoms with Gasteiger partial charge >= 0.3 is 0 Å². The van der Waals surface area contributed by atoms with E-state index in [9.17, 15) is 5.26 Å². The Labute approximate surface area is 201 Å². The van der Waals surface area contributed by atoms with E-state index >= 15 is 0 Å². The lowest BCUT2D eigenvalue weighted by atomic mass is 9.65. The summed E-state index contributed by atoms with van der Waals surface area (Å²) in [7, 11) is 0. The van der Waals surface area contributed by atoms with Crippen LogP contribution in [0.2, 0.25) is 0 Å². The summed E-state index contributed by atoms with van der Waals surface area (Å²) in [4.78, 5) is 14.9. The van der Waals surface area contributed by atoms with Crippen molar-refractivity contribution >= 4 is 22.5 Å². The summed E-state index contributed by atoms with van der Waals surface area (Å²) < 4.78 is 0. The predicted octanol–water partition coefficient (Wildman–Crippen LogP) is 6.04. The van der Waals surface area contributed by atoms with Crippen LogP contribution in [0.25, 0.3) is 11.0 Å². The predicted molar refractivity (Wildman–Crippen MR) is 134 cm³/mol. The molecular weight excluding hydrogens is 420 g/mol. The number of benzene rings is 1. The van der Waals surface area contributed by atoms with Gasteiger partial charge in [0.15, 0.2) is 5.65 Å². The lowest BCUT2D eigenvalue weighted by Crippen LogP contribution is -2.33. The van der Waals surface area contributed by atoms with E-state index in [1.165, 1.54) is 19.3 Å². The van der Waals surface area contributed by atoms with E-state index in [0.29, 0.717) is 11.8 Å². The van der Waals surface area contributed by atoms with Gasteiger partial charge in [-0.2, -0.15) is 5.26 Å².